The van der Waals surface area contributed by atoms with E-state index in [9.17, 15) is 18.0 Å². The highest BCUT2D eigenvalue weighted by Crippen LogP contribution is 2.42. The van der Waals surface area contributed by atoms with Crippen molar-refractivity contribution in [3.05, 3.63) is 18.2 Å². The predicted molar refractivity (Wildman–Crippen MR) is 83.3 cm³/mol. The number of carbonyl (C=O) groups is 1. The van der Waals surface area contributed by atoms with Gasteiger partial charge in [0, 0.05) is 31.4 Å². The lowest BCUT2D eigenvalue weighted by atomic mass is 9.77. The summed E-state index contributed by atoms with van der Waals surface area (Å²) in [6.45, 7) is 2.95. The van der Waals surface area contributed by atoms with Crippen molar-refractivity contribution in [2.24, 2.45) is 11.8 Å². The molecule has 2 aliphatic rings. The number of rotatable bonds is 2. The van der Waals surface area contributed by atoms with Crippen LogP contribution in [0, 0.1) is 18.8 Å². The van der Waals surface area contributed by atoms with E-state index in [0.29, 0.717) is 32.4 Å². The van der Waals surface area contributed by atoms with Crippen molar-refractivity contribution in [2.45, 2.75) is 57.7 Å². The van der Waals surface area contributed by atoms with Crippen LogP contribution in [0.1, 0.15) is 50.4 Å². The van der Waals surface area contributed by atoms with Gasteiger partial charge in [-0.3, -0.25) is 4.79 Å². The van der Waals surface area contributed by atoms with Crippen LogP contribution in [0.4, 0.5) is 13.2 Å². The molecule has 0 radical (unpaired) electrons. The molecule has 24 heavy (non-hydrogen) atoms. The van der Waals surface area contributed by atoms with Crippen molar-refractivity contribution < 1.29 is 18.0 Å². The van der Waals surface area contributed by atoms with Crippen LogP contribution >= 0.6 is 0 Å². The lowest BCUT2D eigenvalue weighted by molar-refractivity contribution is -0.201. The fourth-order valence-corrected chi connectivity index (χ4v) is 4.21. The van der Waals surface area contributed by atoms with Crippen LogP contribution < -0.4 is 0 Å². The van der Waals surface area contributed by atoms with Crippen molar-refractivity contribution >= 4 is 5.91 Å². The number of amides is 1. The van der Waals surface area contributed by atoms with Gasteiger partial charge in [-0.05, 0) is 32.6 Å². The maximum atomic E-state index is 13.3. The molecule has 0 N–H and O–H groups in total. The summed E-state index contributed by atoms with van der Waals surface area (Å²) in [6.07, 6.45) is 2.77. The van der Waals surface area contributed by atoms with Gasteiger partial charge >= 0.3 is 6.18 Å². The predicted octanol–water partition coefficient (Wildman–Crippen LogP) is 3.72. The quantitative estimate of drug-likeness (QED) is 0.821. The molecule has 1 aliphatic heterocycles. The second kappa shape index (κ2) is 6.76. The highest BCUT2D eigenvalue weighted by Gasteiger charge is 2.49. The molecule has 2 heterocycles. The average molecular weight is 343 g/mol. The molecule has 7 heteroatoms. The second-order valence-corrected chi connectivity index (χ2v) is 7.00. The normalized spacial score (nSPS) is 28.8. The number of carbonyl (C=O) groups excluding carboxylic acids is 1. The second-order valence-electron chi connectivity index (χ2n) is 7.00. The number of nitrogens with zero attached hydrogens (tertiary/aromatic N) is 3. The van der Waals surface area contributed by atoms with Gasteiger partial charge in [0.2, 0.25) is 5.91 Å². The topological polar surface area (TPSA) is 38.1 Å². The highest BCUT2D eigenvalue weighted by molar-refractivity contribution is 5.79. The van der Waals surface area contributed by atoms with Crippen molar-refractivity contribution in [3.63, 3.8) is 0 Å². The maximum absolute atomic E-state index is 13.3. The molecule has 1 saturated carbocycles. The first-order valence-corrected chi connectivity index (χ1v) is 8.73. The third-order valence-corrected chi connectivity index (χ3v) is 5.47. The number of imidazole rings is 1. The van der Waals surface area contributed by atoms with Gasteiger partial charge in [-0.15, -0.1) is 0 Å². The molecule has 3 atom stereocenters. The van der Waals surface area contributed by atoms with Crippen LogP contribution in [0.3, 0.4) is 0 Å². The molecule has 0 bridgehead atoms. The number of piperidine rings is 1. The summed E-state index contributed by atoms with van der Waals surface area (Å²) in [7, 11) is 0. The molecule has 1 aromatic heterocycles. The van der Waals surface area contributed by atoms with E-state index >= 15 is 0 Å². The SMILES string of the molecule is Cc1nccn1[C@@H]1CCCN(C(=O)[C@H]2CCCC[C@@H]2C(F)(F)F)C1. The van der Waals surface area contributed by atoms with Gasteiger partial charge in [-0.2, -0.15) is 13.2 Å². The molecule has 0 aromatic carbocycles. The van der Waals surface area contributed by atoms with Crippen molar-refractivity contribution in [2.75, 3.05) is 13.1 Å². The summed E-state index contributed by atoms with van der Waals surface area (Å²) >= 11 is 0. The Bertz CT molecular complexity index is 584. The minimum Gasteiger partial charge on any atom is -0.340 e. The van der Waals surface area contributed by atoms with E-state index in [1.807, 2.05) is 17.7 Å². The summed E-state index contributed by atoms with van der Waals surface area (Å²) < 4.78 is 41.9. The number of likely N-dealkylation sites (tertiary alicyclic amines) is 1. The van der Waals surface area contributed by atoms with Gasteiger partial charge in [0.05, 0.1) is 12.0 Å². The average Bonchev–Trinajstić information content (AvgIpc) is 2.99. The van der Waals surface area contributed by atoms with Gasteiger partial charge in [0.1, 0.15) is 5.82 Å². The number of aryl methyl sites for hydroxylation is 1. The Labute approximate surface area is 140 Å². The van der Waals surface area contributed by atoms with Crippen LogP contribution in [0.25, 0.3) is 0 Å². The standard InChI is InChI=1S/C17H24F3N3O/c1-12-21-8-10-23(12)13-5-4-9-22(11-13)16(24)14-6-2-3-7-15(14)17(18,19)20/h8,10,13-15H,2-7,9,11H2,1H3/t13-,14+,15+/m1/s1. The zero-order valence-corrected chi connectivity index (χ0v) is 13.9. The van der Waals surface area contributed by atoms with Crippen LogP contribution in [0.5, 0.6) is 0 Å². The summed E-state index contributed by atoms with van der Waals surface area (Å²) in [5.74, 6) is -1.81. The number of aromatic nitrogens is 2. The van der Waals surface area contributed by atoms with E-state index in [2.05, 4.69) is 4.98 Å². The molecule has 0 unspecified atom stereocenters. The highest BCUT2D eigenvalue weighted by atomic mass is 19.4. The molecule has 0 spiro atoms. The summed E-state index contributed by atoms with van der Waals surface area (Å²) in [5.41, 5.74) is 0. The zero-order valence-electron chi connectivity index (χ0n) is 13.9. The van der Waals surface area contributed by atoms with E-state index in [0.717, 1.165) is 18.7 Å². The Balaban J connectivity index is 1.73. The zero-order chi connectivity index (χ0) is 17.3. The lowest BCUT2D eigenvalue weighted by Gasteiger charge is -2.39. The maximum Gasteiger partial charge on any atom is 0.392 e. The first kappa shape index (κ1) is 17.3. The number of halogens is 3. The summed E-state index contributed by atoms with van der Waals surface area (Å²) in [5, 5.41) is 0. The first-order valence-electron chi connectivity index (χ1n) is 8.73. The van der Waals surface area contributed by atoms with E-state index in [1.54, 1.807) is 11.1 Å². The first-order chi connectivity index (χ1) is 11.4. The van der Waals surface area contributed by atoms with E-state index in [-0.39, 0.29) is 18.4 Å². The number of alkyl halides is 3. The molecule has 134 valence electrons. The van der Waals surface area contributed by atoms with E-state index < -0.39 is 18.0 Å². The smallest absolute Gasteiger partial charge is 0.340 e. The molecule has 1 aromatic rings. The fourth-order valence-electron chi connectivity index (χ4n) is 4.21. The van der Waals surface area contributed by atoms with Crippen LogP contribution in [0.2, 0.25) is 0 Å². The monoisotopic (exact) mass is 343 g/mol. The largest absolute Gasteiger partial charge is 0.392 e. The summed E-state index contributed by atoms with van der Waals surface area (Å²) in [4.78, 5) is 18.7. The van der Waals surface area contributed by atoms with Crippen LogP contribution in [-0.2, 0) is 4.79 Å². The molecule has 4 nitrogen and oxygen atoms in total. The Hall–Kier alpha value is -1.53. The minimum atomic E-state index is -4.28. The van der Waals surface area contributed by atoms with Crippen LogP contribution in [0.15, 0.2) is 12.4 Å². The molecule has 1 amide bonds. The summed E-state index contributed by atoms with van der Waals surface area (Å²) in [6, 6.07) is 0.109. The van der Waals surface area contributed by atoms with Crippen molar-refractivity contribution in [1.29, 1.82) is 0 Å². The van der Waals surface area contributed by atoms with E-state index in [1.165, 1.54) is 0 Å². The van der Waals surface area contributed by atoms with Crippen molar-refractivity contribution in [1.82, 2.24) is 14.5 Å². The molecule has 2 fully saturated rings. The van der Waals surface area contributed by atoms with Gasteiger partial charge in [-0.1, -0.05) is 12.8 Å². The molecular weight excluding hydrogens is 319 g/mol. The van der Waals surface area contributed by atoms with Gasteiger partial charge < -0.3 is 9.47 Å². The Kier molecular flexibility index (Phi) is 4.88. The van der Waals surface area contributed by atoms with Crippen molar-refractivity contribution in [3.8, 4) is 0 Å². The fraction of sp³-hybridized carbons (Fsp3) is 0.765. The third-order valence-electron chi connectivity index (χ3n) is 5.47. The van der Waals surface area contributed by atoms with Gasteiger partial charge in [-0.25, -0.2) is 4.98 Å². The Morgan fingerprint density at radius 3 is 2.62 bits per heavy atom. The number of hydrogen-bond donors (Lipinski definition) is 0. The van der Waals surface area contributed by atoms with Gasteiger partial charge in [0.15, 0.2) is 0 Å². The van der Waals surface area contributed by atoms with E-state index in [4.69, 9.17) is 0 Å². The lowest BCUT2D eigenvalue weighted by Crippen LogP contribution is -2.48. The molecule has 3 rings (SSSR count). The van der Waals surface area contributed by atoms with Crippen LogP contribution in [-0.4, -0.2) is 39.6 Å². The Morgan fingerprint density at radius 1 is 1.21 bits per heavy atom. The van der Waals surface area contributed by atoms with Gasteiger partial charge in [0.25, 0.3) is 0 Å². The molecule has 1 aliphatic carbocycles. The molecule has 1 saturated heterocycles. The minimum absolute atomic E-state index is 0.0812. The molecular formula is C17H24F3N3O. The number of hydrogen-bond acceptors (Lipinski definition) is 2. The Morgan fingerprint density at radius 2 is 1.96 bits per heavy atom. The third kappa shape index (κ3) is 3.44.